The van der Waals surface area contributed by atoms with E-state index < -0.39 is 24.7 Å². The lowest BCUT2D eigenvalue weighted by atomic mass is 9.68. The van der Waals surface area contributed by atoms with Crippen molar-refractivity contribution in [1.82, 2.24) is 20.7 Å². The number of aromatic nitrogens is 1. The number of nitrogens with one attached hydrogen (secondary N) is 2. The number of aryl methyl sites for hydroxylation is 1. The van der Waals surface area contributed by atoms with Gasteiger partial charge in [-0.3, -0.25) is 20.6 Å². The molecule has 0 radical (unpaired) electrons. The maximum absolute atomic E-state index is 13.2. The van der Waals surface area contributed by atoms with Gasteiger partial charge in [0.15, 0.2) is 0 Å². The zero-order valence-electron chi connectivity index (χ0n) is 14.6. The molecule has 2 saturated heterocycles. The highest BCUT2D eigenvalue weighted by molar-refractivity contribution is 5.82. The van der Waals surface area contributed by atoms with Gasteiger partial charge in [0.05, 0.1) is 5.92 Å². The van der Waals surface area contributed by atoms with Crippen LogP contribution in [-0.4, -0.2) is 47.1 Å². The zero-order chi connectivity index (χ0) is 18.5. The summed E-state index contributed by atoms with van der Waals surface area (Å²) in [4.78, 5) is 18.4. The quantitative estimate of drug-likeness (QED) is 0.840. The molecule has 0 bridgehead atoms. The number of carbonyl (C=O) groups is 1. The largest absolute Gasteiger partial charge is 0.406 e. The summed E-state index contributed by atoms with van der Waals surface area (Å²) in [6.07, 6.45) is -2.17. The van der Waals surface area contributed by atoms with Gasteiger partial charge in [-0.25, -0.2) is 0 Å². The normalized spacial score (nSPS) is 34.5. The molecule has 142 valence electrons. The van der Waals surface area contributed by atoms with E-state index in [-0.39, 0.29) is 23.8 Å². The molecule has 5 atom stereocenters. The van der Waals surface area contributed by atoms with Gasteiger partial charge in [-0.15, -0.1) is 0 Å². The highest BCUT2D eigenvalue weighted by Gasteiger charge is 2.54. The molecular weight excluding hydrogens is 345 g/mol. The Kier molecular flexibility index (Phi) is 4.43. The molecule has 3 aliphatic rings. The van der Waals surface area contributed by atoms with Gasteiger partial charge in [0.1, 0.15) is 6.54 Å². The van der Waals surface area contributed by atoms with Gasteiger partial charge in [0, 0.05) is 35.9 Å². The molecule has 1 amide bonds. The first-order valence-corrected chi connectivity index (χ1v) is 9.12. The van der Waals surface area contributed by atoms with Crippen LogP contribution in [0.5, 0.6) is 0 Å². The van der Waals surface area contributed by atoms with Gasteiger partial charge in [0.25, 0.3) is 0 Å². The van der Waals surface area contributed by atoms with Crippen LogP contribution in [0.2, 0.25) is 0 Å². The number of hydrazine groups is 1. The number of nitrogens with zero attached hydrogens (tertiary/aromatic N) is 2. The monoisotopic (exact) mass is 368 g/mol. The summed E-state index contributed by atoms with van der Waals surface area (Å²) in [7, 11) is 0. The van der Waals surface area contributed by atoms with Crippen molar-refractivity contribution in [2.24, 2.45) is 11.8 Å². The lowest BCUT2D eigenvalue weighted by molar-refractivity contribution is -0.178. The Balaban J connectivity index is 1.62. The summed E-state index contributed by atoms with van der Waals surface area (Å²) in [5.74, 6) is -0.669. The maximum atomic E-state index is 13.2. The van der Waals surface area contributed by atoms with E-state index in [2.05, 4.69) is 15.8 Å². The van der Waals surface area contributed by atoms with Crippen LogP contribution in [0.4, 0.5) is 13.2 Å². The molecule has 8 heteroatoms. The second-order valence-corrected chi connectivity index (χ2v) is 7.68. The number of carbonyl (C=O) groups excluding carboxylic acids is 1. The number of pyridine rings is 1. The van der Waals surface area contributed by atoms with Gasteiger partial charge >= 0.3 is 6.18 Å². The van der Waals surface area contributed by atoms with E-state index in [1.807, 2.05) is 25.1 Å². The van der Waals surface area contributed by atoms with Gasteiger partial charge < -0.3 is 4.90 Å². The van der Waals surface area contributed by atoms with Crippen LogP contribution in [0, 0.1) is 18.8 Å². The Labute approximate surface area is 150 Å². The summed E-state index contributed by atoms with van der Waals surface area (Å²) >= 11 is 0. The van der Waals surface area contributed by atoms with Crippen LogP contribution in [-0.2, 0) is 4.79 Å². The van der Waals surface area contributed by atoms with Crippen molar-refractivity contribution in [3.8, 4) is 0 Å². The molecule has 3 heterocycles. The zero-order valence-corrected chi connectivity index (χ0v) is 14.6. The topological polar surface area (TPSA) is 57.3 Å². The molecule has 26 heavy (non-hydrogen) atoms. The van der Waals surface area contributed by atoms with Crippen LogP contribution in [0.15, 0.2) is 18.2 Å². The third-order valence-corrected chi connectivity index (χ3v) is 6.03. The first-order chi connectivity index (χ1) is 12.3. The number of alkyl halides is 3. The van der Waals surface area contributed by atoms with Crippen molar-refractivity contribution in [1.29, 1.82) is 0 Å². The molecule has 1 aromatic heterocycles. The van der Waals surface area contributed by atoms with E-state index in [9.17, 15) is 18.0 Å². The Morgan fingerprint density at radius 2 is 2.12 bits per heavy atom. The minimum atomic E-state index is -4.39. The third-order valence-electron chi connectivity index (χ3n) is 6.03. The summed E-state index contributed by atoms with van der Waals surface area (Å²) < 4.78 is 39.5. The average Bonchev–Trinajstić information content (AvgIpc) is 3.07. The minimum absolute atomic E-state index is 0.0381. The number of hydrogen-bond acceptors (Lipinski definition) is 4. The first-order valence-electron chi connectivity index (χ1n) is 9.12. The Bertz CT molecular complexity index is 695. The SMILES string of the molecule is Cc1cccc(C2CCC3C4NNCC4C(=O)N(CC(F)(F)F)C3C2)n1. The van der Waals surface area contributed by atoms with Gasteiger partial charge in [-0.2, -0.15) is 13.2 Å². The average molecular weight is 368 g/mol. The van der Waals surface area contributed by atoms with Crippen LogP contribution in [0.25, 0.3) is 0 Å². The molecule has 4 rings (SSSR count). The smallest absolute Gasteiger partial charge is 0.330 e. The number of halogens is 3. The van der Waals surface area contributed by atoms with Crippen molar-refractivity contribution in [3.05, 3.63) is 29.6 Å². The highest BCUT2D eigenvalue weighted by atomic mass is 19.4. The van der Waals surface area contributed by atoms with Crippen molar-refractivity contribution in [2.75, 3.05) is 13.1 Å². The van der Waals surface area contributed by atoms with Crippen LogP contribution >= 0.6 is 0 Å². The second-order valence-electron chi connectivity index (χ2n) is 7.68. The molecule has 3 fully saturated rings. The molecule has 1 aromatic rings. The molecule has 2 aliphatic heterocycles. The minimum Gasteiger partial charge on any atom is -0.330 e. The molecule has 5 unspecified atom stereocenters. The summed E-state index contributed by atoms with van der Waals surface area (Å²) in [6.45, 7) is 1.14. The van der Waals surface area contributed by atoms with Crippen LogP contribution in [0.3, 0.4) is 0 Å². The molecule has 2 N–H and O–H groups in total. The van der Waals surface area contributed by atoms with E-state index in [4.69, 9.17) is 0 Å². The Hall–Kier alpha value is -1.67. The van der Waals surface area contributed by atoms with Crippen LogP contribution < -0.4 is 10.9 Å². The molecule has 1 aliphatic carbocycles. The Morgan fingerprint density at radius 3 is 2.85 bits per heavy atom. The first kappa shape index (κ1) is 17.7. The van der Waals surface area contributed by atoms with Gasteiger partial charge in [-0.1, -0.05) is 6.07 Å². The van der Waals surface area contributed by atoms with E-state index in [0.717, 1.165) is 29.1 Å². The third kappa shape index (κ3) is 3.20. The standard InChI is InChI=1S/C18H23F3N4O/c1-10-3-2-4-14(23-10)11-5-6-12-15(7-11)25(9-18(19,20)21)17(26)13-8-22-24-16(12)13/h2-4,11-13,15-16,22,24H,5-9H2,1H3. The molecular formula is C18H23F3N4O. The number of likely N-dealkylation sites (tertiary alicyclic amines) is 1. The fourth-order valence-corrected chi connectivity index (χ4v) is 4.93. The van der Waals surface area contributed by atoms with E-state index in [1.54, 1.807) is 0 Å². The molecule has 0 spiro atoms. The number of amides is 1. The maximum Gasteiger partial charge on any atom is 0.406 e. The fraction of sp³-hybridized carbons (Fsp3) is 0.667. The number of hydrogen-bond donors (Lipinski definition) is 2. The van der Waals surface area contributed by atoms with Gasteiger partial charge in [0.2, 0.25) is 5.91 Å². The van der Waals surface area contributed by atoms with E-state index in [1.165, 1.54) is 0 Å². The predicted octanol–water partition coefficient (Wildman–Crippen LogP) is 2.14. The van der Waals surface area contributed by atoms with E-state index in [0.29, 0.717) is 13.0 Å². The summed E-state index contributed by atoms with van der Waals surface area (Å²) in [5, 5.41) is 0. The lowest BCUT2D eigenvalue weighted by Gasteiger charge is -2.50. The van der Waals surface area contributed by atoms with Crippen molar-refractivity contribution in [2.45, 2.75) is 50.4 Å². The molecule has 5 nitrogen and oxygen atoms in total. The molecule has 1 saturated carbocycles. The van der Waals surface area contributed by atoms with Crippen molar-refractivity contribution < 1.29 is 18.0 Å². The van der Waals surface area contributed by atoms with Gasteiger partial charge in [-0.05, 0) is 44.2 Å². The summed E-state index contributed by atoms with van der Waals surface area (Å²) in [5.41, 5.74) is 7.93. The van der Waals surface area contributed by atoms with Crippen LogP contribution in [0.1, 0.15) is 36.6 Å². The number of fused-ring (bicyclic) bond motifs is 3. The predicted molar refractivity (Wildman–Crippen MR) is 89.0 cm³/mol. The Morgan fingerprint density at radius 1 is 1.31 bits per heavy atom. The number of piperidine rings is 1. The summed E-state index contributed by atoms with van der Waals surface area (Å²) in [6, 6.07) is 5.30. The second kappa shape index (κ2) is 6.49. The number of rotatable bonds is 2. The molecule has 0 aromatic carbocycles. The highest BCUT2D eigenvalue weighted by Crippen LogP contribution is 2.45. The van der Waals surface area contributed by atoms with Crippen molar-refractivity contribution >= 4 is 5.91 Å². The van der Waals surface area contributed by atoms with Crippen molar-refractivity contribution in [3.63, 3.8) is 0 Å². The lowest BCUT2D eigenvalue weighted by Crippen LogP contribution is -2.63. The fourth-order valence-electron chi connectivity index (χ4n) is 4.93. The van der Waals surface area contributed by atoms with E-state index >= 15 is 0 Å².